The maximum atomic E-state index is 11.8. The van der Waals surface area contributed by atoms with E-state index in [-0.39, 0.29) is 19.1 Å². The van der Waals surface area contributed by atoms with Gasteiger partial charge in [0.1, 0.15) is 0 Å². The predicted molar refractivity (Wildman–Crippen MR) is 83.0 cm³/mol. The number of carbonyl (C=O) groups is 1. The van der Waals surface area contributed by atoms with Crippen LogP contribution in [-0.2, 0) is 0 Å². The number of benzene rings is 1. The van der Waals surface area contributed by atoms with Crippen LogP contribution in [0.2, 0.25) is 0 Å². The first-order chi connectivity index (χ1) is 9.52. The van der Waals surface area contributed by atoms with Gasteiger partial charge in [0, 0.05) is 23.8 Å². The van der Waals surface area contributed by atoms with Crippen LogP contribution < -0.4 is 10.6 Å². The number of aliphatic hydroxyl groups excluding tert-OH is 1. The quantitative estimate of drug-likeness (QED) is 0.685. The first-order valence-corrected chi connectivity index (χ1v) is 7.28. The third kappa shape index (κ3) is 6.06. The van der Waals surface area contributed by atoms with Gasteiger partial charge in [0.05, 0.1) is 6.61 Å². The van der Waals surface area contributed by atoms with Crippen LogP contribution >= 0.6 is 0 Å². The summed E-state index contributed by atoms with van der Waals surface area (Å²) >= 11 is 0. The number of aliphatic hydroxyl groups is 1. The largest absolute Gasteiger partial charge is 0.395 e. The molecule has 0 fully saturated rings. The number of carbonyl (C=O) groups excluding carboxylic acids is 1. The molecule has 0 bridgehead atoms. The fourth-order valence-corrected chi connectivity index (χ4v) is 1.96. The van der Waals surface area contributed by atoms with Crippen LogP contribution in [0.4, 0.5) is 5.69 Å². The second-order valence-electron chi connectivity index (χ2n) is 5.58. The van der Waals surface area contributed by atoms with Crippen LogP contribution in [0.1, 0.15) is 44.0 Å². The van der Waals surface area contributed by atoms with E-state index in [1.807, 2.05) is 18.2 Å². The fourth-order valence-electron chi connectivity index (χ4n) is 1.96. The Labute approximate surface area is 121 Å². The summed E-state index contributed by atoms with van der Waals surface area (Å²) in [6.07, 6.45) is 2.30. The third-order valence-corrected chi connectivity index (χ3v) is 3.11. The average Bonchev–Trinajstić information content (AvgIpc) is 2.42. The Bertz CT molecular complexity index is 419. The van der Waals surface area contributed by atoms with E-state index in [4.69, 9.17) is 5.11 Å². The van der Waals surface area contributed by atoms with Crippen molar-refractivity contribution in [1.29, 1.82) is 0 Å². The van der Waals surface area contributed by atoms with Crippen LogP contribution in [0.15, 0.2) is 24.3 Å². The van der Waals surface area contributed by atoms with E-state index in [1.165, 1.54) is 6.42 Å². The molecule has 0 spiro atoms. The maximum absolute atomic E-state index is 11.8. The lowest BCUT2D eigenvalue weighted by Gasteiger charge is -2.17. The SMILES string of the molecule is CC(C)CCC(C)Nc1cccc(C(=O)NCCO)c1. The van der Waals surface area contributed by atoms with Crippen LogP contribution in [0.25, 0.3) is 0 Å². The standard InChI is InChI=1S/C16H26N2O2/c1-12(2)7-8-13(3)18-15-6-4-5-14(11-15)16(20)17-9-10-19/h4-6,11-13,18-19H,7-10H2,1-3H3,(H,17,20). The molecule has 0 saturated carbocycles. The van der Waals surface area contributed by atoms with Crippen molar-refractivity contribution in [2.75, 3.05) is 18.5 Å². The minimum absolute atomic E-state index is 0.0457. The van der Waals surface area contributed by atoms with Gasteiger partial charge in [0.15, 0.2) is 0 Å². The van der Waals surface area contributed by atoms with Gasteiger partial charge in [0.25, 0.3) is 5.91 Å². The summed E-state index contributed by atoms with van der Waals surface area (Å²) in [5.74, 6) is 0.548. The van der Waals surface area contributed by atoms with Gasteiger partial charge in [-0.15, -0.1) is 0 Å². The highest BCUT2D eigenvalue weighted by atomic mass is 16.3. The Morgan fingerprint density at radius 2 is 2.00 bits per heavy atom. The molecule has 1 rings (SSSR count). The van der Waals surface area contributed by atoms with Gasteiger partial charge in [0.2, 0.25) is 0 Å². The highest BCUT2D eigenvalue weighted by molar-refractivity contribution is 5.95. The zero-order valence-electron chi connectivity index (χ0n) is 12.6. The maximum Gasteiger partial charge on any atom is 0.251 e. The molecule has 1 atom stereocenters. The van der Waals surface area contributed by atoms with Gasteiger partial charge in [-0.3, -0.25) is 4.79 Å². The smallest absolute Gasteiger partial charge is 0.251 e. The predicted octanol–water partition coefficient (Wildman–Crippen LogP) is 2.65. The van der Waals surface area contributed by atoms with Crippen LogP contribution in [0, 0.1) is 5.92 Å². The van der Waals surface area contributed by atoms with Crippen molar-refractivity contribution in [3.05, 3.63) is 29.8 Å². The Hall–Kier alpha value is -1.55. The molecule has 1 amide bonds. The number of nitrogens with one attached hydrogen (secondary N) is 2. The van der Waals surface area contributed by atoms with Crippen molar-refractivity contribution >= 4 is 11.6 Å². The topological polar surface area (TPSA) is 61.4 Å². The van der Waals surface area contributed by atoms with Gasteiger partial charge < -0.3 is 15.7 Å². The van der Waals surface area contributed by atoms with Crippen molar-refractivity contribution in [3.63, 3.8) is 0 Å². The third-order valence-electron chi connectivity index (χ3n) is 3.11. The molecule has 1 aromatic rings. The minimum atomic E-state index is -0.155. The molecule has 112 valence electrons. The first-order valence-electron chi connectivity index (χ1n) is 7.28. The van der Waals surface area contributed by atoms with Crippen molar-refractivity contribution < 1.29 is 9.90 Å². The lowest BCUT2D eigenvalue weighted by molar-refractivity contribution is 0.0945. The van der Waals surface area contributed by atoms with Gasteiger partial charge in [-0.05, 0) is 43.9 Å². The summed E-state index contributed by atoms with van der Waals surface area (Å²) in [5.41, 5.74) is 1.57. The zero-order chi connectivity index (χ0) is 15.0. The van der Waals surface area contributed by atoms with Gasteiger partial charge in [-0.25, -0.2) is 0 Å². The summed E-state index contributed by atoms with van der Waals surface area (Å²) in [5, 5.41) is 14.8. The van der Waals surface area contributed by atoms with E-state index in [2.05, 4.69) is 31.4 Å². The number of anilines is 1. The molecule has 1 aromatic carbocycles. The minimum Gasteiger partial charge on any atom is -0.395 e. The molecule has 0 heterocycles. The highest BCUT2D eigenvalue weighted by Gasteiger charge is 2.07. The molecule has 0 saturated heterocycles. The summed E-state index contributed by atoms with van der Waals surface area (Å²) in [6.45, 7) is 6.83. The Kier molecular flexibility index (Phi) is 7.09. The molecule has 0 aromatic heterocycles. The van der Waals surface area contributed by atoms with Crippen LogP contribution in [0.5, 0.6) is 0 Å². The average molecular weight is 278 g/mol. The van der Waals surface area contributed by atoms with Gasteiger partial charge >= 0.3 is 0 Å². The molecular weight excluding hydrogens is 252 g/mol. The van der Waals surface area contributed by atoms with E-state index in [0.717, 1.165) is 12.1 Å². The number of rotatable bonds is 8. The molecule has 3 N–H and O–H groups in total. The monoisotopic (exact) mass is 278 g/mol. The van der Waals surface area contributed by atoms with Crippen molar-refractivity contribution in [1.82, 2.24) is 5.32 Å². The second-order valence-corrected chi connectivity index (χ2v) is 5.58. The summed E-state index contributed by atoms with van der Waals surface area (Å²) < 4.78 is 0. The molecule has 0 aliphatic carbocycles. The highest BCUT2D eigenvalue weighted by Crippen LogP contribution is 2.15. The molecular formula is C16H26N2O2. The summed E-state index contributed by atoms with van der Waals surface area (Å²) in [7, 11) is 0. The molecule has 20 heavy (non-hydrogen) atoms. The van der Waals surface area contributed by atoms with Crippen LogP contribution in [-0.4, -0.2) is 30.2 Å². The molecule has 4 heteroatoms. The summed E-state index contributed by atoms with van der Waals surface area (Å²) in [4.78, 5) is 11.8. The van der Waals surface area contributed by atoms with Crippen molar-refractivity contribution in [3.8, 4) is 0 Å². The van der Waals surface area contributed by atoms with E-state index in [9.17, 15) is 4.79 Å². The Balaban J connectivity index is 2.56. The Morgan fingerprint density at radius 1 is 1.25 bits per heavy atom. The normalized spacial score (nSPS) is 12.2. The fraction of sp³-hybridized carbons (Fsp3) is 0.562. The number of hydrogen-bond donors (Lipinski definition) is 3. The van der Waals surface area contributed by atoms with Crippen molar-refractivity contribution in [2.24, 2.45) is 5.92 Å². The molecule has 0 radical (unpaired) electrons. The van der Waals surface area contributed by atoms with Gasteiger partial charge in [-0.2, -0.15) is 0 Å². The Morgan fingerprint density at radius 3 is 2.65 bits per heavy atom. The van der Waals surface area contributed by atoms with Gasteiger partial charge in [-0.1, -0.05) is 19.9 Å². The lowest BCUT2D eigenvalue weighted by Crippen LogP contribution is -2.26. The van der Waals surface area contributed by atoms with Crippen LogP contribution in [0.3, 0.4) is 0 Å². The summed E-state index contributed by atoms with van der Waals surface area (Å²) in [6, 6.07) is 7.84. The molecule has 4 nitrogen and oxygen atoms in total. The van der Waals surface area contributed by atoms with E-state index in [0.29, 0.717) is 17.5 Å². The molecule has 0 aliphatic heterocycles. The van der Waals surface area contributed by atoms with E-state index < -0.39 is 0 Å². The van der Waals surface area contributed by atoms with Crippen molar-refractivity contribution in [2.45, 2.75) is 39.7 Å². The molecule has 0 aliphatic rings. The first kappa shape index (κ1) is 16.5. The van der Waals surface area contributed by atoms with E-state index in [1.54, 1.807) is 6.07 Å². The van der Waals surface area contributed by atoms with E-state index >= 15 is 0 Å². The zero-order valence-corrected chi connectivity index (χ0v) is 12.6. The number of amides is 1. The number of hydrogen-bond acceptors (Lipinski definition) is 3. The second kappa shape index (κ2) is 8.59. The molecule has 1 unspecified atom stereocenters. The lowest BCUT2D eigenvalue weighted by atomic mass is 10.0.